The number of benzene rings is 1. The molecule has 6 nitrogen and oxygen atoms in total. The van der Waals surface area contributed by atoms with Gasteiger partial charge in [-0.15, -0.1) is 5.10 Å². The molecule has 1 aromatic heterocycles. The van der Waals surface area contributed by atoms with E-state index in [-0.39, 0.29) is 5.91 Å². The topological polar surface area (TPSA) is 63.1 Å². The van der Waals surface area contributed by atoms with E-state index in [1.165, 1.54) is 0 Å². The van der Waals surface area contributed by atoms with Crippen LogP contribution in [0.3, 0.4) is 0 Å². The lowest BCUT2D eigenvalue weighted by Gasteiger charge is -2.32. The van der Waals surface area contributed by atoms with E-state index in [4.69, 9.17) is 0 Å². The Morgan fingerprint density at radius 2 is 2.14 bits per heavy atom. The largest absolute Gasteiger partial charge is 0.339 e. The highest BCUT2D eigenvalue weighted by Gasteiger charge is 2.23. The van der Waals surface area contributed by atoms with Gasteiger partial charge in [-0.05, 0) is 50.0 Å². The van der Waals surface area contributed by atoms with Gasteiger partial charge in [-0.25, -0.2) is 4.68 Å². The van der Waals surface area contributed by atoms with Crippen LogP contribution in [0.5, 0.6) is 0 Å². The molecule has 0 spiro atoms. The number of nitrogens with zero attached hydrogens (tertiary/aromatic N) is 4. The molecule has 3 rings (SSSR count). The standard InChI is InChI=1S/C16H23N5O/c1-3-17-11-12-6-8-21(9-7-12)16(22)13-4-5-15-14(10-13)18-19-20(15)2/h4-5,10,12,17H,3,6-9,11H2,1-2H3. The number of rotatable bonds is 4. The van der Waals surface area contributed by atoms with E-state index in [1.807, 2.05) is 30.1 Å². The number of hydrogen-bond donors (Lipinski definition) is 1. The molecule has 118 valence electrons. The second kappa shape index (κ2) is 6.44. The number of hydrogen-bond acceptors (Lipinski definition) is 4. The molecule has 1 N–H and O–H groups in total. The van der Waals surface area contributed by atoms with Gasteiger partial charge >= 0.3 is 0 Å². The molecule has 0 aliphatic carbocycles. The minimum absolute atomic E-state index is 0.106. The Hall–Kier alpha value is -1.95. The quantitative estimate of drug-likeness (QED) is 0.928. The molecular formula is C16H23N5O. The van der Waals surface area contributed by atoms with Crippen LogP contribution in [-0.4, -0.2) is 52.0 Å². The van der Waals surface area contributed by atoms with Crippen molar-refractivity contribution in [2.24, 2.45) is 13.0 Å². The van der Waals surface area contributed by atoms with Crippen LogP contribution < -0.4 is 5.32 Å². The van der Waals surface area contributed by atoms with Gasteiger partial charge < -0.3 is 10.2 Å². The van der Waals surface area contributed by atoms with Gasteiger partial charge in [0.25, 0.3) is 5.91 Å². The minimum Gasteiger partial charge on any atom is -0.339 e. The van der Waals surface area contributed by atoms with Gasteiger partial charge in [0.15, 0.2) is 0 Å². The van der Waals surface area contributed by atoms with E-state index in [0.717, 1.165) is 50.1 Å². The number of carbonyl (C=O) groups is 1. The molecule has 0 bridgehead atoms. The first-order valence-corrected chi connectivity index (χ1v) is 7.98. The fourth-order valence-corrected chi connectivity index (χ4v) is 3.04. The molecule has 2 aromatic rings. The van der Waals surface area contributed by atoms with Crippen molar-refractivity contribution in [2.75, 3.05) is 26.2 Å². The number of piperidine rings is 1. The minimum atomic E-state index is 0.106. The van der Waals surface area contributed by atoms with Crippen molar-refractivity contribution in [1.29, 1.82) is 0 Å². The molecule has 1 amide bonds. The maximum atomic E-state index is 12.6. The third-order valence-electron chi connectivity index (χ3n) is 4.44. The molecule has 1 fully saturated rings. The second-order valence-corrected chi connectivity index (χ2v) is 5.96. The summed E-state index contributed by atoms with van der Waals surface area (Å²) in [6.45, 7) is 5.88. The van der Waals surface area contributed by atoms with E-state index in [1.54, 1.807) is 4.68 Å². The lowest BCUT2D eigenvalue weighted by Crippen LogP contribution is -2.40. The van der Waals surface area contributed by atoms with E-state index < -0.39 is 0 Å². The van der Waals surface area contributed by atoms with Crippen molar-refractivity contribution in [3.8, 4) is 0 Å². The van der Waals surface area contributed by atoms with Gasteiger partial charge in [0.05, 0.1) is 5.52 Å². The Bertz CT molecular complexity index is 658. The molecule has 6 heteroatoms. The highest BCUT2D eigenvalue weighted by molar-refractivity contribution is 5.97. The summed E-state index contributed by atoms with van der Waals surface area (Å²) >= 11 is 0. The van der Waals surface area contributed by atoms with Gasteiger partial charge in [-0.3, -0.25) is 4.79 Å². The molecule has 1 aliphatic rings. The molecule has 0 saturated carbocycles. The third-order valence-corrected chi connectivity index (χ3v) is 4.44. The zero-order valence-electron chi connectivity index (χ0n) is 13.2. The number of nitrogens with one attached hydrogen (secondary N) is 1. The average Bonchev–Trinajstić information content (AvgIpc) is 2.93. The van der Waals surface area contributed by atoms with Gasteiger partial charge in [0.1, 0.15) is 5.52 Å². The van der Waals surface area contributed by atoms with Crippen LogP contribution in [-0.2, 0) is 7.05 Å². The smallest absolute Gasteiger partial charge is 0.253 e. The molecule has 2 heterocycles. The van der Waals surface area contributed by atoms with Crippen molar-refractivity contribution in [3.05, 3.63) is 23.8 Å². The maximum absolute atomic E-state index is 12.6. The summed E-state index contributed by atoms with van der Waals surface area (Å²) in [6.07, 6.45) is 2.15. The number of likely N-dealkylation sites (tertiary alicyclic amines) is 1. The summed E-state index contributed by atoms with van der Waals surface area (Å²) in [7, 11) is 1.85. The predicted molar refractivity (Wildman–Crippen MR) is 85.7 cm³/mol. The Morgan fingerprint density at radius 3 is 2.86 bits per heavy atom. The van der Waals surface area contributed by atoms with Gasteiger partial charge in [0, 0.05) is 25.7 Å². The SMILES string of the molecule is CCNCC1CCN(C(=O)c2ccc3c(c2)nnn3C)CC1. The summed E-state index contributed by atoms with van der Waals surface area (Å²) < 4.78 is 1.72. The molecule has 0 radical (unpaired) electrons. The normalized spacial score (nSPS) is 16.4. The summed E-state index contributed by atoms with van der Waals surface area (Å²) in [6, 6.07) is 5.63. The molecule has 22 heavy (non-hydrogen) atoms. The zero-order valence-corrected chi connectivity index (χ0v) is 13.2. The Morgan fingerprint density at radius 1 is 1.36 bits per heavy atom. The van der Waals surface area contributed by atoms with E-state index in [9.17, 15) is 4.79 Å². The van der Waals surface area contributed by atoms with Crippen LogP contribution in [0, 0.1) is 5.92 Å². The first kappa shape index (κ1) is 15.0. The number of carbonyl (C=O) groups excluding carboxylic acids is 1. The molecule has 0 atom stereocenters. The van der Waals surface area contributed by atoms with E-state index in [2.05, 4.69) is 22.6 Å². The Kier molecular flexibility index (Phi) is 4.38. The first-order valence-electron chi connectivity index (χ1n) is 7.98. The first-order chi connectivity index (χ1) is 10.7. The fraction of sp³-hybridized carbons (Fsp3) is 0.562. The van der Waals surface area contributed by atoms with Crippen molar-refractivity contribution in [1.82, 2.24) is 25.2 Å². The Balaban J connectivity index is 1.66. The van der Waals surface area contributed by atoms with Crippen LogP contribution in [0.2, 0.25) is 0 Å². The predicted octanol–water partition coefficient (Wildman–Crippen LogP) is 1.43. The van der Waals surface area contributed by atoms with Gasteiger partial charge in [-0.2, -0.15) is 0 Å². The van der Waals surface area contributed by atoms with Crippen molar-refractivity contribution in [2.45, 2.75) is 19.8 Å². The molecule has 1 aromatic carbocycles. The van der Waals surface area contributed by atoms with Crippen molar-refractivity contribution >= 4 is 16.9 Å². The number of amides is 1. The summed E-state index contributed by atoms with van der Waals surface area (Å²) in [5, 5.41) is 11.5. The van der Waals surface area contributed by atoms with Gasteiger partial charge in [0.2, 0.25) is 0 Å². The van der Waals surface area contributed by atoms with Crippen LogP contribution in [0.4, 0.5) is 0 Å². The lowest BCUT2D eigenvalue weighted by atomic mass is 9.96. The van der Waals surface area contributed by atoms with Crippen LogP contribution in [0.25, 0.3) is 11.0 Å². The summed E-state index contributed by atoms with van der Waals surface area (Å²) in [4.78, 5) is 14.6. The van der Waals surface area contributed by atoms with Crippen LogP contribution in [0.15, 0.2) is 18.2 Å². The van der Waals surface area contributed by atoms with Crippen molar-refractivity contribution < 1.29 is 4.79 Å². The third kappa shape index (κ3) is 2.97. The van der Waals surface area contributed by atoms with Gasteiger partial charge in [-0.1, -0.05) is 12.1 Å². The maximum Gasteiger partial charge on any atom is 0.253 e. The molecule has 1 saturated heterocycles. The summed E-state index contributed by atoms with van der Waals surface area (Å²) in [5.74, 6) is 0.793. The van der Waals surface area contributed by atoms with Crippen LogP contribution in [0.1, 0.15) is 30.1 Å². The monoisotopic (exact) mass is 301 g/mol. The number of fused-ring (bicyclic) bond motifs is 1. The zero-order chi connectivity index (χ0) is 15.5. The molecule has 1 aliphatic heterocycles. The molecular weight excluding hydrogens is 278 g/mol. The number of aryl methyl sites for hydroxylation is 1. The highest BCUT2D eigenvalue weighted by atomic mass is 16.2. The van der Waals surface area contributed by atoms with Crippen molar-refractivity contribution in [3.63, 3.8) is 0 Å². The Labute approximate surface area is 130 Å². The summed E-state index contributed by atoms with van der Waals surface area (Å²) in [5.41, 5.74) is 2.43. The fourth-order valence-electron chi connectivity index (χ4n) is 3.04. The van der Waals surface area contributed by atoms with E-state index in [0.29, 0.717) is 11.5 Å². The van der Waals surface area contributed by atoms with Crippen LogP contribution >= 0.6 is 0 Å². The lowest BCUT2D eigenvalue weighted by molar-refractivity contribution is 0.0690. The number of aromatic nitrogens is 3. The van der Waals surface area contributed by atoms with E-state index >= 15 is 0 Å². The molecule has 0 unspecified atom stereocenters. The average molecular weight is 301 g/mol. The second-order valence-electron chi connectivity index (χ2n) is 5.96. The highest BCUT2D eigenvalue weighted by Crippen LogP contribution is 2.20.